The van der Waals surface area contributed by atoms with Crippen LogP contribution in [0.1, 0.15) is 12.8 Å². The molecule has 4 nitrogen and oxygen atoms in total. The lowest BCUT2D eigenvalue weighted by Crippen LogP contribution is -2.51. The summed E-state index contributed by atoms with van der Waals surface area (Å²) in [6.07, 6.45) is 0.442. The zero-order chi connectivity index (χ0) is 6.48. The minimum Gasteiger partial charge on any atom is -0.363 e. The minimum atomic E-state index is -1.64. The van der Waals surface area contributed by atoms with E-state index in [1.807, 2.05) is 0 Å². The van der Waals surface area contributed by atoms with Crippen molar-refractivity contribution in [3.05, 3.63) is 0 Å². The Labute approximate surface area is 51.9 Å². The standard InChI is InChI=1S/C5H8O4/c6-5(7)2-1-3-4(5)9-8-3/h3-4,6-7H,1-2H2. The van der Waals surface area contributed by atoms with Crippen molar-refractivity contribution in [3.8, 4) is 0 Å². The third kappa shape index (κ3) is 0.616. The molecule has 2 N–H and O–H groups in total. The average molecular weight is 132 g/mol. The third-order valence-corrected chi connectivity index (χ3v) is 1.87. The van der Waals surface area contributed by atoms with Crippen LogP contribution in [0.2, 0.25) is 0 Å². The van der Waals surface area contributed by atoms with E-state index in [4.69, 9.17) is 10.2 Å². The molecule has 1 saturated carbocycles. The quantitative estimate of drug-likeness (QED) is 0.333. The summed E-state index contributed by atoms with van der Waals surface area (Å²) in [4.78, 5) is 9.04. The lowest BCUT2D eigenvalue weighted by atomic mass is 10.2. The van der Waals surface area contributed by atoms with E-state index < -0.39 is 11.9 Å². The van der Waals surface area contributed by atoms with E-state index >= 15 is 0 Å². The molecule has 2 atom stereocenters. The van der Waals surface area contributed by atoms with E-state index in [1.165, 1.54) is 0 Å². The fourth-order valence-corrected chi connectivity index (χ4v) is 1.26. The van der Waals surface area contributed by atoms with Crippen LogP contribution in [0, 0.1) is 0 Å². The average Bonchev–Trinajstić information content (AvgIpc) is 1.74. The fourth-order valence-electron chi connectivity index (χ4n) is 1.26. The molecule has 1 heterocycles. The van der Waals surface area contributed by atoms with Gasteiger partial charge >= 0.3 is 0 Å². The molecule has 1 saturated heterocycles. The SMILES string of the molecule is OC1(O)CCC2OOC21. The number of rotatable bonds is 0. The summed E-state index contributed by atoms with van der Waals surface area (Å²) in [6, 6.07) is 0. The lowest BCUT2D eigenvalue weighted by Gasteiger charge is -2.33. The molecule has 0 bridgehead atoms. The van der Waals surface area contributed by atoms with Crippen molar-refractivity contribution in [2.45, 2.75) is 30.8 Å². The van der Waals surface area contributed by atoms with Crippen LogP contribution in [0.3, 0.4) is 0 Å². The molecular formula is C5H8O4. The van der Waals surface area contributed by atoms with Crippen LogP contribution in [-0.2, 0) is 9.78 Å². The van der Waals surface area contributed by atoms with Crippen molar-refractivity contribution >= 4 is 0 Å². The molecule has 2 rings (SSSR count). The first-order valence-electron chi connectivity index (χ1n) is 2.97. The molecule has 0 spiro atoms. The highest BCUT2D eigenvalue weighted by atomic mass is 17.3. The molecule has 4 heteroatoms. The second-order valence-electron chi connectivity index (χ2n) is 2.57. The molecule has 2 unspecified atom stereocenters. The van der Waals surface area contributed by atoms with Crippen LogP contribution < -0.4 is 0 Å². The van der Waals surface area contributed by atoms with Crippen molar-refractivity contribution in [2.75, 3.05) is 0 Å². The summed E-state index contributed by atoms with van der Waals surface area (Å²) in [5, 5.41) is 18.1. The van der Waals surface area contributed by atoms with Gasteiger partial charge in [0, 0.05) is 6.42 Å². The molecule has 52 valence electrons. The fraction of sp³-hybridized carbons (Fsp3) is 1.00. The van der Waals surface area contributed by atoms with Crippen molar-refractivity contribution in [1.82, 2.24) is 0 Å². The number of aliphatic hydroxyl groups is 2. The number of hydrogen-bond donors (Lipinski definition) is 2. The van der Waals surface area contributed by atoms with Gasteiger partial charge in [0.25, 0.3) is 0 Å². The maximum Gasteiger partial charge on any atom is 0.195 e. The Hall–Kier alpha value is -0.160. The van der Waals surface area contributed by atoms with E-state index in [0.29, 0.717) is 12.8 Å². The monoisotopic (exact) mass is 132 g/mol. The van der Waals surface area contributed by atoms with Crippen molar-refractivity contribution < 1.29 is 20.0 Å². The molecular weight excluding hydrogens is 124 g/mol. The predicted octanol–water partition coefficient (Wildman–Crippen LogP) is -0.840. The molecule has 9 heavy (non-hydrogen) atoms. The van der Waals surface area contributed by atoms with E-state index in [1.54, 1.807) is 0 Å². The maximum absolute atomic E-state index is 9.04. The summed E-state index contributed by atoms with van der Waals surface area (Å²) in [6.45, 7) is 0. The van der Waals surface area contributed by atoms with Gasteiger partial charge in [0.1, 0.15) is 6.10 Å². The van der Waals surface area contributed by atoms with E-state index in [2.05, 4.69) is 9.78 Å². The smallest absolute Gasteiger partial charge is 0.195 e. The Balaban J connectivity index is 2.14. The van der Waals surface area contributed by atoms with Gasteiger partial charge in [-0.25, -0.2) is 9.78 Å². The van der Waals surface area contributed by atoms with Gasteiger partial charge in [0.05, 0.1) is 0 Å². The van der Waals surface area contributed by atoms with Gasteiger partial charge in [0.15, 0.2) is 11.9 Å². The lowest BCUT2D eigenvalue weighted by molar-refractivity contribution is -0.490. The van der Waals surface area contributed by atoms with Crippen LogP contribution in [0.4, 0.5) is 0 Å². The van der Waals surface area contributed by atoms with Crippen LogP contribution in [0.15, 0.2) is 0 Å². The van der Waals surface area contributed by atoms with Gasteiger partial charge in [-0.05, 0) is 6.42 Å². The zero-order valence-corrected chi connectivity index (χ0v) is 4.78. The van der Waals surface area contributed by atoms with Gasteiger partial charge in [-0.1, -0.05) is 0 Å². The van der Waals surface area contributed by atoms with Gasteiger partial charge in [-0.3, -0.25) is 0 Å². The van der Waals surface area contributed by atoms with Crippen molar-refractivity contribution in [2.24, 2.45) is 0 Å². The predicted molar refractivity (Wildman–Crippen MR) is 26.1 cm³/mol. The zero-order valence-electron chi connectivity index (χ0n) is 4.78. The second-order valence-corrected chi connectivity index (χ2v) is 2.57. The molecule has 0 aromatic heterocycles. The Morgan fingerprint density at radius 1 is 1.33 bits per heavy atom. The molecule has 0 amide bonds. The third-order valence-electron chi connectivity index (χ3n) is 1.87. The number of hydrogen-bond acceptors (Lipinski definition) is 4. The number of fused-ring (bicyclic) bond motifs is 1. The van der Waals surface area contributed by atoms with Crippen LogP contribution in [0.25, 0.3) is 0 Å². The van der Waals surface area contributed by atoms with Crippen LogP contribution >= 0.6 is 0 Å². The summed E-state index contributed by atoms with van der Waals surface area (Å²) < 4.78 is 0. The maximum atomic E-state index is 9.04. The highest BCUT2D eigenvalue weighted by molar-refractivity contribution is 4.94. The first-order chi connectivity index (χ1) is 4.20. The van der Waals surface area contributed by atoms with Gasteiger partial charge in [-0.2, -0.15) is 0 Å². The Kier molecular flexibility index (Phi) is 0.912. The Morgan fingerprint density at radius 3 is 2.33 bits per heavy atom. The normalized spacial score (nSPS) is 46.0. The molecule has 0 radical (unpaired) electrons. The Bertz CT molecular complexity index is 133. The summed E-state index contributed by atoms with van der Waals surface area (Å²) in [7, 11) is 0. The van der Waals surface area contributed by atoms with Crippen molar-refractivity contribution in [3.63, 3.8) is 0 Å². The minimum absolute atomic E-state index is 0.0833. The molecule has 2 aliphatic rings. The van der Waals surface area contributed by atoms with Crippen molar-refractivity contribution in [1.29, 1.82) is 0 Å². The van der Waals surface area contributed by atoms with Gasteiger partial charge < -0.3 is 10.2 Å². The highest BCUT2D eigenvalue weighted by Gasteiger charge is 2.55. The highest BCUT2D eigenvalue weighted by Crippen LogP contribution is 2.38. The molecule has 1 aliphatic carbocycles. The molecule has 0 aromatic rings. The summed E-state index contributed by atoms with van der Waals surface area (Å²) in [5.74, 6) is -1.64. The Morgan fingerprint density at radius 2 is 2.11 bits per heavy atom. The first-order valence-corrected chi connectivity index (χ1v) is 2.97. The second kappa shape index (κ2) is 1.46. The van der Waals surface area contributed by atoms with Crippen LogP contribution in [-0.4, -0.2) is 28.2 Å². The van der Waals surface area contributed by atoms with Gasteiger partial charge in [-0.15, -0.1) is 0 Å². The van der Waals surface area contributed by atoms with E-state index in [-0.39, 0.29) is 6.10 Å². The van der Waals surface area contributed by atoms with Crippen LogP contribution in [0.5, 0.6) is 0 Å². The summed E-state index contributed by atoms with van der Waals surface area (Å²) in [5.41, 5.74) is 0. The van der Waals surface area contributed by atoms with Gasteiger partial charge in [0.2, 0.25) is 0 Å². The largest absolute Gasteiger partial charge is 0.363 e. The van der Waals surface area contributed by atoms with E-state index in [0.717, 1.165) is 0 Å². The van der Waals surface area contributed by atoms with E-state index in [9.17, 15) is 0 Å². The molecule has 1 aliphatic heterocycles. The molecule has 2 fully saturated rings. The first kappa shape index (κ1) is 5.61. The topological polar surface area (TPSA) is 58.9 Å². The molecule has 0 aromatic carbocycles. The summed E-state index contributed by atoms with van der Waals surface area (Å²) >= 11 is 0.